The topological polar surface area (TPSA) is 21.3 Å². The Morgan fingerprint density at radius 3 is 2.82 bits per heavy atom. The first-order valence-corrected chi connectivity index (χ1v) is 6.77. The van der Waals surface area contributed by atoms with Crippen molar-refractivity contribution < 1.29 is 4.74 Å². The number of nitrogens with one attached hydrogen (secondary N) is 1. The molecule has 1 N–H and O–H groups in total. The van der Waals surface area contributed by atoms with E-state index in [0.717, 1.165) is 19.7 Å². The van der Waals surface area contributed by atoms with E-state index in [1.807, 2.05) is 0 Å². The van der Waals surface area contributed by atoms with Gasteiger partial charge in [0, 0.05) is 19.7 Å². The lowest BCUT2D eigenvalue weighted by Crippen LogP contribution is -2.29. The molecule has 1 aliphatic rings. The highest BCUT2D eigenvalue weighted by atomic mass is 16.5. The molecule has 2 nitrogen and oxygen atoms in total. The SMILES string of the molecule is CCC(CNCC1CCCO1)c1ccccc1. The number of benzene rings is 1. The molecule has 1 fully saturated rings. The summed E-state index contributed by atoms with van der Waals surface area (Å²) in [6.07, 6.45) is 4.07. The summed E-state index contributed by atoms with van der Waals surface area (Å²) in [4.78, 5) is 0. The minimum Gasteiger partial charge on any atom is -0.377 e. The highest BCUT2D eigenvalue weighted by Gasteiger charge is 2.15. The molecule has 1 aromatic rings. The lowest BCUT2D eigenvalue weighted by Gasteiger charge is -2.18. The molecule has 0 radical (unpaired) electrons. The lowest BCUT2D eigenvalue weighted by molar-refractivity contribution is 0.110. The largest absolute Gasteiger partial charge is 0.377 e. The minimum absolute atomic E-state index is 0.447. The zero-order chi connectivity index (χ0) is 11.9. The molecule has 0 saturated carbocycles. The van der Waals surface area contributed by atoms with Crippen molar-refractivity contribution in [2.45, 2.75) is 38.2 Å². The van der Waals surface area contributed by atoms with Crippen LogP contribution >= 0.6 is 0 Å². The second kappa shape index (κ2) is 6.77. The normalized spacial score (nSPS) is 21.6. The Labute approximate surface area is 104 Å². The summed E-state index contributed by atoms with van der Waals surface area (Å²) in [5.41, 5.74) is 1.44. The Balaban J connectivity index is 1.75. The van der Waals surface area contributed by atoms with E-state index in [0.29, 0.717) is 12.0 Å². The summed E-state index contributed by atoms with van der Waals surface area (Å²) < 4.78 is 5.61. The van der Waals surface area contributed by atoms with E-state index in [-0.39, 0.29) is 0 Å². The molecule has 2 atom stereocenters. The van der Waals surface area contributed by atoms with Crippen LogP contribution in [0.15, 0.2) is 30.3 Å². The molecule has 0 amide bonds. The Morgan fingerprint density at radius 1 is 1.35 bits per heavy atom. The average molecular weight is 233 g/mol. The van der Waals surface area contributed by atoms with Gasteiger partial charge in [-0.25, -0.2) is 0 Å². The molecule has 2 rings (SSSR count). The molecule has 0 spiro atoms. The van der Waals surface area contributed by atoms with Crippen molar-refractivity contribution in [3.8, 4) is 0 Å². The third kappa shape index (κ3) is 3.83. The van der Waals surface area contributed by atoms with Gasteiger partial charge in [-0.2, -0.15) is 0 Å². The molecule has 1 saturated heterocycles. The highest BCUT2D eigenvalue weighted by molar-refractivity contribution is 5.19. The van der Waals surface area contributed by atoms with Crippen molar-refractivity contribution in [2.24, 2.45) is 0 Å². The van der Waals surface area contributed by atoms with E-state index in [1.165, 1.54) is 24.8 Å². The van der Waals surface area contributed by atoms with Gasteiger partial charge in [-0.1, -0.05) is 37.3 Å². The van der Waals surface area contributed by atoms with E-state index in [2.05, 4.69) is 42.6 Å². The van der Waals surface area contributed by atoms with E-state index < -0.39 is 0 Å². The number of hydrogen-bond donors (Lipinski definition) is 1. The van der Waals surface area contributed by atoms with Gasteiger partial charge < -0.3 is 10.1 Å². The van der Waals surface area contributed by atoms with Crippen molar-refractivity contribution in [1.82, 2.24) is 5.32 Å². The first-order valence-electron chi connectivity index (χ1n) is 6.77. The number of ether oxygens (including phenoxy) is 1. The van der Waals surface area contributed by atoms with Crippen molar-refractivity contribution in [3.05, 3.63) is 35.9 Å². The smallest absolute Gasteiger partial charge is 0.0700 e. The van der Waals surface area contributed by atoms with Crippen LogP contribution in [0.5, 0.6) is 0 Å². The third-order valence-corrected chi connectivity index (χ3v) is 3.55. The summed E-state index contributed by atoms with van der Waals surface area (Å²) in [7, 11) is 0. The van der Waals surface area contributed by atoms with Gasteiger partial charge in [-0.3, -0.25) is 0 Å². The standard InChI is InChI=1S/C15H23NO/c1-2-13(14-7-4-3-5-8-14)11-16-12-15-9-6-10-17-15/h3-5,7-8,13,15-16H,2,6,9-12H2,1H3. The molecule has 2 unspecified atom stereocenters. The summed E-state index contributed by atoms with van der Waals surface area (Å²) >= 11 is 0. The quantitative estimate of drug-likeness (QED) is 0.815. The third-order valence-electron chi connectivity index (χ3n) is 3.55. The molecule has 0 bridgehead atoms. The molecule has 1 heterocycles. The summed E-state index contributed by atoms with van der Waals surface area (Å²) in [5.74, 6) is 0.623. The van der Waals surface area contributed by atoms with Gasteiger partial charge in [0.25, 0.3) is 0 Å². The van der Waals surface area contributed by atoms with Crippen LogP contribution < -0.4 is 5.32 Å². The van der Waals surface area contributed by atoms with E-state index in [9.17, 15) is 0 Å². The summed E-state index contributed by atoms with van der Waals surface area (Å²) in [6, 6.07) is 10.8. The molecular formula is C15H23NO. The number of rotatable bonds is 6. The second-order valence-electron chi connectivity index (χ2n) is 4.81. The molecule has 0 aliphatic carbocycles. The molecule has 1 aromatic carbocycles. The number of hydrogen-bond acceptors (Lipinski definition) is 2. The first kappa shape index (κ1) is 12.6. The van der Waals surface area contributed by atoms with E-state index in [1.54, 1.807) is 0 Å². The van der Waals surface area contributed by atoms with Crippen LogP contribution in [-0.2, 0) is 4.74 Å². The van der Waals surface area contributed by atoms with Crippen LogP contribution in [0.4, 0.5) is 0 Å². The van der Waals surface area contributed by atoms with Crippen molar-refractivity contribution in [3.63, 3.8) is 0 Å². The molecule has 17 heavy (non-hydrogen) atoms. The van der Waals surface area contributed by atoms with Gasteiger partial charge in [0.2, 0.25) is 0 Å². The van der Waals surface area contributed by atoms with Crippen LogP contribution in [-0.4, -0.2) is 25.8 Å². The van der Waals surface area contributed by atoms with Gasteiger partial charge in [0.05, 0.1) is 6.10 Å². The van der Waals surface area contributed by atoms with E-state index >= 15 is 0 Å². The van der Waals surface area contributed by atoms with Gasteiger partial charge >= 0.3 is 0 Å². The Hall–Kier alpha value is -0.860. The fourth-order valence-corrected chi connectivity index (χ4v) is 2.45. The predicted molar refractivity (Wildman–Crippen MR) is 71.3 cm³/mol. The minimum atomic E-state index is 0.447. The van der Waals surface area contributed by atoms with Crippen molar-refractivity contribution in [1.29, 1.82) is 0 Å². The second-order valence-corrected chi connectivity index (χ2v) is 4.81. The van der Waals surface area contributed by atoms with Crippen molar-refractivity contribution >= 4 is 0 Å². The maximum Gasteiger partial charge on any atom is 0.0700 e. The Kier molecular flexibility index (Phi) is 5.02. The zero-order valence-electron chi connectivity index (χ0n) is 10.7. The molecule has 2 heteroatoms. The van der Waals surface area contributed by atoms with Gasteiger partial charge in [-0.15, -0.1) is 0 Å². The summed E-state index contributed by atoms with van der Waals surface area (Å²) in [5, 5.41) is 3.55. The van der Waals surface area contributed by atoms with Crippen LogP contribution in [0.3, 0.4) is 0 Å². The fraction of sp³-hybridized carbons (Fsp3) is 0.600. The Bertz CT molecular complexity index is 306. The van der Waals surface area contributed by atoms with Crippen molar-refractivity contribution in [2.75, 3.05) is 19.7 Å². The molecular weight excluding hydrogens is 210 g/mol. The maximum absolute atomic E-state index is 5.61. The van der Waals surface area contributed by atoms with Crippen LogP contribution in [0, 0.1) is 0 Å². The van der Waals surface area contributed by atoms with Gasteiger partial charge in [0.15, 0.2) is 0 Å². The van der Waals surface area contributed by atoms with E-state index in [4.69, 9.17) is 4.74 Å². The van der Waals surface area contributed by atoms with Crippen LogP contribution in [0.1, 0.15) is 37.7 Å². The first-order chi connectivity index (χ1) is 8.40. The van der Waals surface area contributed by atoms with Crippen LogP contribution in [0.25, 0.3) is 0 Å². The zero-order valence-corrected chi connectivity index (χ0v) is 10.7. The monoisotopic (exact) mass is 233 g/mol. The maximum atomic E-state index is 5.61. The van der Waals surface area contributed by atoms with Crippen LogP contribution in [0.2, 0.25) is 0 Å². The lowest BCUT2D eigenvalue weighted by atomic mass is 9.96. The highest BCUT2D eigenvalue weighted by Crippen LogP contribution is 2.18. The van der Waals surface area contributed by atoms with Gasteiger partial charge in [0.1, 0.15) is 0 Å². The average Bonchev–Trinajstić information content (AvgIpc) is 2.89. The van der Waals surface area contributed by atoms with Gasteiger partial charge in [-0.05, 0) is 30.7 Å². The molecule has 1 aliphatic heterocycles. The molecule has 0 aromatic heterocycles. The summed E-state index contributed by atoms with van der Waals surface area (Å²) in [6.45, 7) is 5.26. The fourth-order valence-electron chi connectivity index (χ4n) is 2.45. The predicted octanol–water partition coefficient (Wildman–Crippen LogP) is 2.95. The Morgan fingerprint density at radius 2 is 2.18 bits per heavy atom. The molecule has 94 valence electrons.